The number of hydrogen-bond acceptors (Lipinski definition) is 2. The number of rotatable bonds is 5. The van der Waals surface area contributed by atoms with E-state index in [1.54, 1.807) is 0 Å². The second-order valence-corrected chi connectivity index (χ2v) is 5.74. The molecule has 0 rings (SSSR count). The van der Waals surface area contributed by atoms with Crippen molar-refractivity contribution in [3.63, 3.8) is 0 Å². The molecule has 2 atom stereocenters. The summed E-state index contributed by atoms with van der Waals surface area (Å²) in [5, 5.41) is 0. The Morgan fingerprint density at radius 1 is 1.45 bits per heavy atom. The summed E-state index contributed by atoms with van der Waals surface area (Å²) in [6.07, 6.45) is 1.17. The van der Waals surface area contributed by atoms with Crippen LogP contribution in [-0.4, -0.2) is 44.5 Å². The van der Waals surface area contributed by atoms with E-state index in [4.69, 9.17) is 4.52 Å². The van der Waals surface area contributed by atoms with Crippen molar-refractivity contribution in [1.82, 2.24) is 4.90 Å². The molecule has 0 fully saturated rings. The molecule has 0 bridgehead atoms. The van der Waals surface area contributed by atoms with Gasteiger partial charge in [-0.05, 0) is 20.3 Å². The highest BCUT2D eigenvalue weighted by molar-refractivity contribution is 7.53. The van der Waals surface area contributed by atoms with Crippen molar-refractivity contribution in [3.8, 4) is 0 Å². The molecule has 0 radical (unpaired) electrons. The summed E-state index contributed by atoms with van der Waals surface area (Å²) in [5.74, 6) is 0. The van der Waals surface area contributed by atoms with Gasteiger partial charge in [-0.3, -0.25) is 0 Å². The van der Waals surface area contributed by atoms with Crippen LogP contribution in [0.1, 0.15) is 13.8 Å². The van der Waals surface area contributed by atoms with Crippen LogP contribution in [0.4, 0.5) is 0 Å². The topological polar surface area (TPSA) is 12.5 Å². The fourth-order valence-electron chi connectivity index (χ4n) is 1.24. The van der Waals surface area contributed by atoms with Gasteiger partial charge in [-0.15, -0.1) is 0 Å². The Hall–Kier alpha value is 0.350. The summed E-state index contributed by atoms with van der Waals surface area (Å²) in [4.78, 5) is 2.22. The quantitative estimate of drug-likeness (QED) is 0.595. The predicted octanol–water partition coefficient (Wildman–Crippen LogP) is 2.00. The molecule has 0 N–H and O–H groups in total. The van der Waals surface area contributed by atoms with Gasteiger partial charge in [0, 0.05) is 27.5 Å². The summed E-state index contributed by atoms with van der Waals surface area (Å²) in [6, 6.07) is 0. The SMILES string of the molecule is CCP(OC)C(C)CN(C)C. The van der Waals surface area contributed by atoms with Crippen LogP contribution in [0.5, 0.6) is 0 Å². The Balaban J connectivity index is 3.68. The van der Waals surface area contributed by atoms with Gasteiger partial charge in [0.1, 0.15) is 0 Å². The zero-order chi connectivity index (χ0) is 8.85. The van der Waals surface area contributed by atoms with Gasteiger partial charge in [-0.25, -0.2) is 0 Å². The lowest BCUT2D eigenvalue weighted by Crippen LogP contribution is -2.23. The van der Waals surface area contributed by atoms with Crippen LogP contribution in [0.2, 0.25) is 0 Å². The van der Waals surface area contributed by atoms with E-state index in [1.807, 2.05) is 7.11 Å². The molecule has 68 valence electrons. The largest absolute Gasteiger partial charge is 0.362 e. The highest BCUT2D eigenvalue weighted by Crippen LogP contribution is 2.40. The molecular weight excluding hydrogens is 157 g/mol. The van der Waals surface area contributed by atoms with Crippen LogP contribution in [0, 0.1) is 0 Å². The monoisotopic (exact) mass is 177 g/mol. The molecule has 0 aromatic carbocycles. The van der Waals surface area contributed by atoms with Crippen molar-refractivity contribution in [2.45, 2.75) is 19.5 Å². The summed E-state index contributed by atoms with van der Waals surface area (Å²) in [6.45, 7) is 5.59. The maximum absolute atomic E-state index is 5.40. The highest BCUT2D eigenvalue weighted by Gasteiger charge is 2.14. The first-order valence-corrected chi connectivity index (χ1v) is 5.58. The van der Waals surface area contributed by atoms with Crippen LogP contribution in [0.25, 0.3) is 0 Å². The standard InChI is InChI=1S/C8H20NOP/c1-6-11(10-5)8(2)7-9(3)4/h8H,6-7H2,1-5H3. The van der Waals surface area contributed by atoms with Crippen LogP contribution in [0.3, 0.4) is 0 Å². The number of nitrogens with zero attached hydrogens (tertiary/aromatic N) is 1. The Morgan fingerprint density at radius 3 is 2.27 bits per heavy atom. The van der Waals surface area contributed by atoms with Gasteiger partial charge in [-0.2, -0.15) is 0 Å². The second-order valence-electron chi connectivity index (χ2n) is 3.03. The molecule has 0 amide bonds. The molecule has 0 saturated carbocycles. The van der Waals surface area contributed by atoms with Crippen molar-refractivity contribution < 1.29 is 4.52 Å². The zero-order valence-electron chi connectivity index (χ0n) is 8.29. The Kier molecular flexibility index (Phi) is 6.12. The van der Waals surface area contributed by atoms with Crippen LogP contribution in [-0.2, 0) is 4.52 Å². The predicted molar refractivity (Wildman–Crippen MR) is 52.5 cm³/mol. The van der Waals surface area contributed by atoms with E-state index < -0.39 is 0 Å². The van der Waals surface area contributed by atoms with Crippen molar-refractivity contribution in [3.05, 3.63) is 0 Å². The van der Waals surface area contributed by atoms with Gasteiger partial charge in [0.05, 0.1) is 0 Å². The average molecular weight is 177 g/mol. The Bertz CT molecular complexity index is 94.1. The van der Waals surface area contributed by atoms with E-state index in [9.17, 15) is 0 Å². The maximum Gasteiger partial charge on any atom is 0.0398 e. The van der Waals surface area contributed by atoms with E-state index in [0.29, 0.717) is 5.66 Å². The molecule has 0 aromatic rings. The zero-order valence-corrected chi connectivity index (χ0v) is 9.19. The molecule has 0 aliphatic carbocycles. The van der Waals surface area contributed by atoms with Gasteiger partial charge < -0.3 is 9.42 Å². The van der Waals surface area contributed by atoms with Crippen molar-refractivity contribution in [2.75, 3.05) is 33.9 Å². The van der Waals surface area contributed by atoms with E-state index in [1.165, 1.54) is 6.16 Å². The first-order valence-electron chi connectivity index (χ1n) is 4.07. The minimum absolute atomic E-state index is 0.192. The summed E-state index contributed by atoms with van der Waals surface area (Å²) in [7, 11) is 5.84. The van der Waals surface area contributed by atoms with Crippen molar-refractivity contribution >= 4 is 8.15 Å². The van der Waals surface area contributed by atoms with Gasteiger partial charge in [0.15, 0.2) is 0 Å². The van der Waals surface area contributed by atoms with Gasteiger partial charge >= 0.3 is 0 Å². The van der Waals surface area contributed by atoms with Crippen LogP contribution >= 0.6 is 8.15 Å². The van der Waals surface area contributed by atoms with E-state index >= 15 is 0 Å². The second kappa shape index (κ2) is 5.93. The normalized spacial score (nSPS) is 16.9. The van der Waals surface area contributed by atoms with Crippen molar-refractivity contribution in [1.29, 1.82) is 0 Å². The minimum Gasteiger partial charge on any atom is -0.362 e. The Labute approximate surface area is 71.8 Å². The smallest absolute Gasteiger partial charge is 0.0398 e. The molecule has 2 nitrogen and oxygen atoms in total. The third kappa shape index (κ3) is 4.73. The summed E-state index contributed by atoms with van der Waals surface area (Å²) >= 11 is 0. The molecule has 3 heteroatoms. The minimum atomic E-state index is -0.192. The summed E-state index contributed by atoms with van der Waals surface area (Å²) in [5.41, 5.74) is 0.690. The van der Waals surface area contributed by atoms with Crippen LogP contribution < -0.4 is 0 Å². The fraction of sp³-hybridized carbons (Fsp3) is 1.00. The van der Waals surface area contributed by atoms with Gasteiger partial charge in [0.2, 0.25) is 0 Å². The molecule has 0 saturated heterocycles. The molecule has 0 aliphatic heterocycles. The van der Waals surface area contributed by atoms with E-state index in [0.717, 1.165) is 6.54 Å². The molecule has 0 heterocycles. The molecule has 0 spiro atoms. The fourth-order valence-corrected chi connectivity index (χ4v) is 2.99. The lowest BCUT2D eigenvalue weighted by atomic mass is 10.4. The maximum atomic E-state index is 5.40. The third-order valence-electron chi connectivity index (χ3n) is 1.67. The lowest BCUT2D eigenvalue weighted by Gasteiger charge is -2.23. The lowest BCUT2D eigenvalue weighted by molar-refractivity contribution is 0.392. The number of hydrogen-bond donors (Lipinski definition) is 0. The Morgan fingerprint density at radius 2 is 2.00 bits per heavy atom. The third-order valence-corrected chi connectivity index (χ3v) is 3.91. The van der Waals surface area contributed by atoms with E-state index in [-0.39, 0.29) is 8.15 Å². The van der Waals surface area contributed by atoms with E-state index in [2.05, 4.69) is 32.8 Å². The van der Waals surface area contributed by atoms with Crippen molar-refractivity contribution in [2.24, 2.45) is 0 Å². The molecule has 0 aromatic heterocycles. The van der Waals surface area contributed by atoms with Gasteiger partial charge in [0.25, 0.3) is 0 Å². The molecular formula is C8H20NOP. The average Bonchev–Trinajstić information content (AvgIpc) is 1.88. The molecule has 0 aliphatic rings. The van der Waals surface area contributed by atoms with Gasteiger partial charge in [-0.1, -0.05) is 13.8 Å². The molecule has 11 heavy (non-hydrogen) atoms. The first-order chi connectivity index (χ1) is 5.11. The first kappa shape index (κ1) is 11.4. The molecule has 2 unspecified atom stereocenters. The van der Waals surface area contributed by atoms with Crippen LogP contribution in [0.15, 0.2) is 0 Å². The summed E-state index contributed by atoms with van der Waals surface area (Å²) < 4.78 is 5.40. The highest BCUT2D eigenvalue weighted by atomic mass is 31.1.